The lowest BCUT2D eigenvalue weighted by Gasteiger charge is -2.20. The fraction of sp³-hybridized carbons (Fsp3) is 0.625. The van der Waals surface area contributed by atoms with Crippen LogP contribution in [0.4, 0.5) is 4.39 Å². The first-order chi connectivity index (χ1) is 8.06. The summed E-state index contributed by atoms with van der Waals surface area (Å²) in [5, 5.41) is 0. The van der Waals surface area contributed by atoms with Crippen LogP contribution in [0.15, 0.2) is 18.2 Å². The molecule has 0 saturated heterocycles. The summed E-state index contributed by atoms with van der Waals surface area (Å²) in [6.45, 7) is 8.63. The molecular formula is C16H25F. The first-order valence-corrected chi connectivity index (χ1v) is 6.82. The Hall–Kier alpha value is -0.850. The SMILES string of the molecule is CCCCCC(C)C(C)c1ccc(F)c(C)c1. The van der Waals surface area contributed by atoms with Crippen molar-refractivity contribution in [3.05, 3.63) is 35.1 Å². The molecule has 0 aromatic heterocycles. The van der Waals surface area contributed by atoms with Gasteiger partial charge in [-0.05, 0) is 36.0 Å². The molecule has 0 aliphatic heterocycles. The van der Waals surface area contributed by atoms with Crippen molar-refractivity contribution in [1.82, 2.24) is 0 Å². The number of aryl methyl sites for hydroxylation is 1. The molecular weight excluding hydrogens is 211 g/mol. The minimum absolute atomic E-state index is 0.0976. The molecule has 96 valence electrons. The molecule has 0 saturated carbocycles. The smallest absolute Gasteiger partial charge is 0.126 e. The first-order valence-electron chi connectivity index (χ1n) is 6.82. The second kappa shape index (κ2) is 6.78. The predicted molar refractivity (Wildman–Crippen MR) is 72.9 cm³/mol. The van der Waals surface area contributed by atoms with Gasteiger partial charge in [0.05, 0.1) is 0 Å². The lowest BCUT2D eigenvalue weighted by Crippen LogP contribution is -2.07. The third-order valence-corrected chi connectivity index (χ3v) is 3.82. The standard InChI is InChI=1S/C16H25F/c1-5-6-7-8-12(2)14(4)15-9-10-16(17)13(3)11-15/h9-12,14H,5-8H2,1-4H3. The minimum Gasteiger partial charge on any atom is -0.207 e. The fourth-order valence-corrected chi connectivity index (χ4v) is 2.25. The van der Waals surface area contributed by atoms with Gasteiger partial charge in [0.15, 0.2) is 0 Å². The van der Waals surface area contributed by atoms with Crippen LogP contribution < -0.4 is 0 Å². The third-order valence-electron chi connectivity index (χ3n) is 3.82. The highest BCUT2D eigenvalue weighted by molar-refractivity contribution is 5.26. The zero-order valence-electron chi connectivity index (χ0n) is 11.6. The van der Waals surface area contributed by atoms with Crippen molar-refractivity contribution >= 4 is 0 Å². The Labute approximate surface area is 105 Å². The summed E-state index contributed by atoms with van der Waals surface area (Å²) in [6, 6.07) is 5.53. The van der Waals surface area contributed by atoms with Gasteiger partial charge in [-0.25, -0.2) is 4.39 Å². The molecule has 0 spiro atoms. The average molecular weight is 236 g/mol. The van der Waals surface area contributed by atoms with E-state index < -0.39 is 0 Å². The second-order valence-electron chi connectivity index (χ2n) is 5.27. The molecule has 0 heterocycles. The van der Waals surface area contributed by atoms with Gasteiger partial charge in [0.1, 0.15) is 5.82 Å². The maximum atomic E-state index is 13.2. The van der Waals surface area contributed by atoms with E-state index in [0.29, 0.717) is 11.8 Å². The Bertz CT molecular complexity index is 343. The van der Waals surface area contributed by atoms with Crippen LogP contribution in [0.3, 0.4) is 0 Å². The molecule has 0 aliphatic rings. The molecule has 0 bridgehead atoms. The molecule has 0 amide bonds. The molecule has 2 unspecified atom stereocenters. The fourth-order valence-electron chi connectivity index (χ4n) is 2.25. The summed E-state index contributed by atoms with van der Waals surface area (Å²) in [7, 11) is 0. The van der Waals surface area contributed by atoms with Gasteiger partial charge in [0.25, 0.3) is 0 Å². The summed E-state index contributed by atoms with van der Waals surface area (Å²) in [5.74, 6) is 1.09. The predicted octanol–water partition coefficient (Wildman–Crippen LogP) is 5.45. The molecule has 1 rings (SSSR count). The van der Waals surface area contributed by atoms with E-state index in [9.17, 15) is 4.39 Å². The van der Waals surface area contributed by atoms with Crippen molar-refractivity contribution in [3.8, 4) is 0 Å². The van der Waals surface area contributed by atoms with E-state index in [-0.39, 0.29) is 5.82 Å². The van der Waals surface area contributed by atoms with Crippen LogP contribution in [0, 0.1) is 18.7 Å². The van der Waals surface area contributed by atoms with E-state index in [2.05, 4.69) is 20.8 Å². The van der Waals surface area contributed by atoms with Crippen LogP contribution >= 0.6 is 0 Å². The molecule has 0 N–H and O–H groups in total. The van der Waals surface area contributed by atoms with Gasteiger partial charge in [0, 0.05) is 0 Å². The molecule has 0 fully saturated rings. The van der Waals surface area contributed by atoms with Crippen LogP contribution in [0.1, 0.15) is 63.5 Å². The summed E-state index contributed by atoms with van der Waals surface area (Å²) >= 11 is 0. The Balaban J connectivity index is 2.61. The van der Waals surface area contributed by atoms with Gasteiger partial charge in [-0.15, -0.1) is 0 Å². The first kappa shape index (κ1) is 14.2. The quantitative estimate of drug-likeness (QED) is 0.576. The van der Waals surface area contributed by atoms with Crippen molar-refractivity contribution < 1.29 is 4.39 Å². The van der Waals surface area contributed by atoms with Crippen molar-refractivity contribution in [3.63, 3.8) is 0 Å². The number of unbranched alkanes of at least 4 members (excludes halogenated alkanes) is 2. The zero-order chi connectivity index (χ0) is 12.8. The highest BCUT2D eigenvalue weighted by Crippen LogP contribution is 2.29. The molecule has 2 atom stereocenters. The number of rotatable bonds is 6. The summed E-state index contributed by atoms with van der Waals surface area (Å²) in [5.41, 5.74) is 2.03. The van der Waals surface area contributed by atoms with Gasteiger partial charge >= 0.3 is 0 Å². The molecule has 1 heteroatoms. The normalized spacial score (nSPS) is 14.6. The molecule has 0 aliphatic carbocycles. The van der Waals surface area contributed by atoms with Crippen molar-refractivity contribution in [1.29, 1.82) is 0 Å². The van der Waals surface area contributed by atoms with E-state index in [4.69, 9.17) is 0 Å². The Morgan fingerprint density at radius 3 is 2.47 bits per heavy atom. The summed E-state index contributed by atoms with van der Waals surface area (Å²) in [6.07, 6.45) is 5.17. The maximum absolute atomic E-state index is 13.2. The second-order valence-corrected chi connectivity index (χ2v) is 5.27. The largest absolute Gasteiger partial charge is 0.207 e. The van der Waals surface area contributed by atoms with Crippen molar-refractivity contribution in [2.45, 2.75) is 59.3 Å². The van der Waals surface area contributed by atoms with Crippen LogP contribution in [0.2, 0.25) is 0 Å². The number of halogens is 1. The van der Waals surface area contributed by atoms with E-state index in [1.165, 1.54) is 31.2 Å². The van der Waals surface area contributed by atoms with Gasteiger partial charge in [-0.3, -0.25) is 0 Å². The molecule has 0 nitrogen and oxygen atoms in total. The van der Waals surface area contributed by atoms with Crippen LogP contribution in [0.5, 0.6) is 0 Å². The number of hydrogen-bond acceptors (Lipinski definition) is 0. The summed E-state index contributed by atoms with van der Waals surface area (Å²) in [4.78, 5) is 0. The molecule has 0 radical (unpaired) electrons. The van der Waals surface area contributed by atoms with Crippen molar-refractivity contribution in [2.24, 2.45) is 5.92 Å². The summed E-state index contributed by atoms with van der Waals surface area (Å²) < 4.78 is 13.2. The van der Waals surface area contributed by atoms with Gasteiger partial charge in [-0.1, -0.05) is 58.6 Å². The molecule has 1 aromatic rings. The molecule has 1 aromatic carbocycles. The highest BCUT2D eigenvalue weighted by atomic mass is 19.1. The lowest BCUT2D eigenvalue weighted by molar-refractivity contribution is 0.430. The van der Waals surface area contributed by atoms with E-state index in [1.54, 1.807) is 6.07 Å². The highest BCUT2D eigenvalue weighted by Gasteiger charge is 2.14. The Kier molecular flexibility index (Phi) is 5.67. The minimum atomic E-state index is -0.0976. The number of benzene rings is 1. The average Bonchev–Trinajstić information content (AvgIpc) is 2.32. The van der Waals surface area contributed by atoms with Gasteiger partial charge in [-0.2, -0.15) is 0 Å². The maximum Gasteiger partial charge on any atom is 0.126 e. The van der Waals surface area contributed by atoms with Crippen LogP contribution in [-0.4, -0.2) is 0 Å². The van der Waals surface area contributed by atoms with Crippen LogP contribution in [-0.2, 0) is 0 Å². The lowest BCUT2D eigenvalue weighted by atomic mass is 9.85. The topological polar surface area (TPSA) is 0 Å². The van der Waals surface area contributed by atoms with Gasteiger partial charge < -0.3 is 0 Å². The van der Waals surface area contributed by atoms with E-state index in [1.807, 2.05) is 19.1 Å². The Morgan fingerprint density at radius 1 is 1.18 bits per heavy atom. The van der Waals surface area contributed by atoms with Crippen molar-refractivity contribution in [2.75, 3.05) is 0 Å². The number of hydrogen-bond donors (Lipinski definition) is 0. The third kappa shape index (κ3) is 4.14. The van der Waals surface area contributed by atoms with E-state index in [0.717, 1.165) is 5.56 Å². The van der Waals surface area contributed by atoms with Gasteiger partial charge in [0.2, 0.25) is 0 Å². The Morgan fingerprint density at radius 2 is 1.88 bits per heavy atom. The monoisotopic (exact) mass is 236 g/mol. The van der Waals surface area contributed by atoms with Crippen LogP contribution in [0.25, 0.3) is 0 Å². The molecule has 17 heavy (non-hydrogen) atoms. The van der Waals surface area contributed by atoms with E-state index >= 15 is 0 Å². The zero-order valence-corrected chi connectivity index (χ0v) is 11.6.